The molecular formula is C15H28INO3Si. The van der Waals surface area contributed by atoms with Crippen molar-refractivity contribution in [3.05, 3.63) is 35.9 Å². The quantitative estimate of drug-likeness (QED) is 0.443. The lowest BCUT2D eigenvalue weighted by Crippen LogP contribution is -2.51. The number of carboxylic acids is 1. The molecule has 0 saturated heterocycles. The maximum atomic E-state index is 10.1. The summed E-state index contributed by atoms with van der Waals surface area (Å²) < 4.78 is 0.965. The molecule has 0 radical (unpaired) electrons. The van der Waals surface area contributed by atoms with E-state index in [9.17, 15) is 9.90 Å². The predicted octanol–water partition coefficient (Wildman–Crippen LogP) is 1.60. The van der Waals surface area contributed by atoms with Gasteiger partial charge in [0, 0.05) is 0 Å². The summed E-state index contributed by atoms with van der Waals surface area (Å²) in [5.74, 6) is -1.13. The van der Waals surface area contributed by atoms with Crippen LogP contribution in [0.5, 0.6) is 0 Å². The van der Waals surface area contributed by atoms with Gasteiger partial charge in [-0.1, -0.05) is 50.0 Å². The summed E-state index contributed by atoms with van der Waals surface area (Å²) in [6.45, 7) is 8.28. The number of hydrogen-bond donors (Lipinski definition) is 1. The number of quaternary nitrogens is 1. The van der Waals surface area contributed by atoms with E-state index in [1.54, 1.807) is 18.2 Å². The fraction of sp³-hybridized carbons (Fsp3) is 0.533. The molecule has 122 valence electrons. The van der Waals surface area contributed by atoms with E-state index >= 15 is 0 Å². The predicted molar refractivity (Wildman–Crippen MR) is 98.5 cm³/mol. The zero-order chi connectivity index (χ0) is 15.8. The first kappa shape index (κ1) is 22.8. The molecule has 0 aromatic heterocycles. The topological polar surface area (TPSA) is 60.4 Å². The van der Waals surface area contributed by atoms with Crippen molar-refractivity contribution in [1.29, 1.82) is 0 Å². The molecule has 0 heterocycles. The molecule has 0 spiro atoms. The van der Waals surface area contributed by atoms with E-state index in [-0.39, 0.29) is 29.5 Å². The minimum atomic E-state index is -1.13. The summed E-state index contributed by atoms with van der Waals surface area (Å²) in [5.41, 5.74) is 0.220. The van der Waals surface area contributed by atoms with Crippen molar-refractivity contribution in [2.75, 3.05) is 33.4 Å². The zero-order valence-electron chi connectivity index (χ0n) is 13.6. The van der Waals surface area contributed by atoms with Gasteiger partial charge in [-0.05, 0) is 5.56 Å². The van der Waals surface area contributed by atoms with E-state index in [0.717, 1.165) is 11.0 Å². The summed E-state index contributed by atoms with van der Waals surface area (Å²) in [6, 6.07) is 8.06. The maximum absolute atomic E-state index is 10.1. The van der Waals surface area contributed by atoms with Gasteiger partial charge < -0.3 is 19.5 Å². The van der Waals surface area contributed by atoms with Gasteiger partial charge in [0.15, 0.2) is 0 Å². The Morgan fingerprint density at radius 2 is 1.67 bits per heavy atom. The molecule has 6 heteroatoms. The van der Waals surface area contributed by atoms with Gasteiger partial charge in [0.1, 0.15) is 14.6 Å². The van der Waals surface area contributed by atoms with Crippen molar-refractivity contribution in [1.82, 2.24) is 0 Å². The average Bonchev–Trinajstić information content (AvgIpc) is 2.27. The van der Waals surface area contributed by atoms with E-state index in [1.807, 2.05) is 0 Å². The second-order valence-corrected chi connectivity index (χ2v) is 12.2. The van der Waals surface area contributed by atoms with Crippen molar-refractivity contribution >= 4 is 38.0 Å². The van der Waals surface area contributed by atoms with Crippen LogP contribution in [0.15, 0.2) is 30.3 Å². The summed E-state index contributed by atoms with van der Waals surface area (Å²) >= 11 is 0. The molecule has 1 aromatic rings. The van der Waals surface area contributed by atoms with Crippen LogP contribution in [0.4, 0.5) is 0 Å². The number of likely N-dealkylation sites (N-methyl/N-ethyl adjacent to an activating group) is 1. The molecular weight excluding hydrogens is 397 g/mol. The second-order valence-electron chi connectivity index (χ2n) is 6.76. The molecule has 1 N–H and O–H groups in total. The Morgan fingerprint density at radius 3 is 1.95 bits per heavy atom. The number of benzene rings is 1. The average molecular weight is 425 g/mol. The lowest BCUT2D eigenvalue weighted by atomic mass is 10.2. The molecule has 1 aromatic carbocycles. The van der Waals surface area contributed by atoms with Gasteiger partial charge in [0.2, 0.25) is 0 Å². The fourth-order valence-electron chi connectivity index (χ4n) is 2.21. The molecule has 0 aliphatic carbocycles. The first-order valence-electron chi connectivity index (χ1n) is 6.77. The summed E-state index contributed by atoms with van der Waals surface area (Å²) in [4.78, 5) is 10.1. The highest BCUT2D eigenvalue weighted by atomic mass is 127. The van der Waals surface area contributed by atoms with Gasteiger partial charge in [-0.2, -0.15) is 0 Å². The molecule has 0 amide bonds. The van der Waals surface area contributed by atoms with Crippen molar-refractivity contribution in [3.63, 3.8) is 0 Å². The number of rotatable bonds is 5. The highest BCUT2D eigenvalue weighted by Gasteiger charge is 2.25. The molecule has 0 aliphatic heterocycles. The van der Waals surface area contributed by atoms with Gasteiger partial charge in [-0.25, -0.2) is 0 Å². The molecule has 0 aliphatic rings. The standard InChI is InChI=1S/C8H22NOSi.C7H6O2.HI/c1-9(2,6-7-10)8-11(3,4)5;8-7(9)6-4-2-1-3-5-6;/h10H,6-8H2,1-5H3;1-5H,(H,8,9);1H/q+1;;/p-1. The number of carboxylic acid groups (broad SMARTS) is 1. The van der Waals surface area contributed by atoms with Gasteiger partial charge in [0.05, 0.1) is 32.8 Å². The van der Waals surface area contributed by atoms with Gasteiger partial charge in [-0.15, -0.1) is 24.0 Å². The third kappa shape index (κ3) is 13.0. The number of carbonyl (C=O) groups excluding carboxylic acids is 1. The molecule has 4 nitrogen and oxygen atoms in total. The minimum Gasteiger partial charge on any atom is -0.545 e. The highest BCUT2D eigenvalue weighted by molar-refractivity contribution is 14.0. The van der Waals surface area contributed by atoms with E-state index < -0.39 is 14.0 Å². The van der Waals surface area contributed by atoms with Crippen LogP contribution in [-0.4, -0.2) is 57.0 Å². The van der Waals surface area contributed by atoms with Crippen LogP contribution in [0.25, 0.3) is 0 Å². The number of halogens is 1. The molecule has 0 atom stereocenters. The number of nitrogens with zero attached hydrogens (tertiary/aromatic N) is 1. The fourth-order valence-corrected chi connectivity index (χ4v) is 4.93. The lowest BCUT2D eigenvalue weighted by molar-refractivity contribution is -0.880. The SMILES string of the molecule is C[N+](C)(CCO)C[Si](C)(C)C.I.O=C([O-])c1ccccc1. The van der Waals surface area contributed by atoms with Crippen molar-refractivity contribution in [2.45, 2.75) is 19.6 Å². The Kier molecular flexibility index (Phi) is 11.2. The maximum Gasteiger partial charge on any atom is 0.110 e. The largest absolute Gasteiger partial charge is 0.545 e. The Labute approximate surface area is 146 Å². The Bertz CT molecular complexity index is 405. The lowest BCUT2D eigenvalue weighted by Gasteiger charge is -2.34. The smallest absolute Gasteiger partial charge is 0.110 e. The van der Waals surface area contributed by atoms with Gasteiger partial charge >= 0.3 is 0 Å². The Hall–Kier alpha value is -0.443. The normalized spacial score (nSPS) is 11.0. The first-order valence-corrected chi connectivity index (χ1v) is 10.5. The molecule has 0 saturated carbocycles. The number of aromatic carboxylic acids is 1. The zero-order valence-corrected chi connectivity index (χ0v) is 17.0. The number of hydrogen-bond acceptors (Lipinski definition) is 3. The van der Waals surface area contributed by atoms with E-state index in [1.165, 1.54) is 18.3 Å². The highest BCUT2D eigenvalue weighted by Crippen LogP contribution is 2.07. The van der Waals surface area contributed by atoms with E-state index in [4.69, 9.17) is 5.11 Å². The molecule has 0 fully saturated rings. The Balaban J connectivity index is 0. The number of aliphatic hydroxyl groups excluding tert-OH is 1. The summed E-state index contributed by atoms with van der Waals surface area (Å²) in [6.07, 6.45) is 1.24. The molecule has 0 bridgehead atoms. The van der Waals surface area contributed by atoms with Crippen LogP contribution in [0.3, 0.4) is 0 Å². The second kappa shape index (κ2) is 10.3. The number of carbonyl (C=O) groups is 1. The molecule has 0 unspecified atom stereocenters. The van der Waals surface area contributed by atoms with Crippen molar-refractivity contribution in [2.24, 2.45) is 0 Å². The summed E-state index contributed by atoms with van der Waals surface area (Å²) in [5, 5.41) is 18.9. The minimum absolute atomic E-state index is 0. The first-order chi connectivity index (χ1) is 9.07. The van der Waals surface area contributed by atoms with Gasteiger partial charge in [-0.3, -0.25) is 0 Å². The van der Waals surface area contributed by atoms with Crippen LogP contribution in [0.2, 0.25) is 19.6 Å². The van der Waals surface area contributed by atoms with E-state index in [2.05, 4.69) is 33.7 Å². The van der Waals surface area contributed by atoms with Crippen molar-refractivity contribution in [3.8, 4) is 0 Å². The van der Waals surface area contributed by atoms with Crippen LogP contribution in [-0.2, 0) is 0 Å². The molecule has 1 rings (SSSR count). The van der Waals surface area contributed by atoms with Crippen molar-refractivity contribution < 1.29 is 19.5 Å². The third-order valence-electron chi connectivity index (χ3n) is 2.62. The van der Waals surface area contributed by atoms with Gasteiger partial charge in [0.25, 0.3) is 0 Å². The number of aliphatic hydroxyl groups is 1. The monoisotopic (exact) mass is 425 g/mol. The molecule has 21 heavy (non-hydrogen) atoms. The van der Waals surface area contributed by atoms with Crippen LogP contribution in [0.1, 0.15) is 10.4 Å². The Morgan fingerprint density at radius 1 is 1.19 bits per heavy atom. The third-order valence-corrected chi connectivity index (χ3v) is 4.42. The van der Waals surface area contributed by atoms with Crippen LogP contribution in [0, 0.1) is 0 Å². The van der Waals surface area contributed by atoms with Crippen LogP contribution >= 0.6 is 24.0 Å². The summed E-state index contributed by atoms with van der Waals surface area (Å²) in [7, 11) is 3.41. The van der Waals surface area contributed by atoms with Crippen LogP contribution < -0.4 is 5.11 Å². The van der Waals surface area contributed by atoms with E-state index in [0.29, 0.717) is 6.61 Å².